The van der Waals surface area contributed by atoms with Crippen LogP contribution in [-0.4, -0.2) is 12.6 Å². The molecule has 2 aromatic carbocycles. The number of aryl methyl sites for hydroxylation is 1. The first kappa shape index (κ1) is 21.0. The van der Waals surface area contributed by atoms with Crippen LogP contribution in [0.15, 0.2) is 42.5 Å². The summed E-state index contributed by atoms with van der Waals surface area (Å²) in [5, 5.41) is 0. The molecule has 0 aliphatic carbocycles. The minimum atomic E-state index is -0.351. The van der Waals surface area contributed by atoms with Gasteiger partial charge in [-0.15, -0.1) is 0 Å². The molecule has 2 aromatic rings. The number of benzene rings is 2. The average molecular weight is 369 g/mol. The third-order valence-electron chi connectivity index (χ3n) is 4.60. The maximum absolute atomic E-state index is 12.4. The first-order valence-electron chi connectivity index (χ1n) is 9.87. The van der Waals surface area contributed by atoms with Crippen LogP contribution in [0.4, 0.5) is 0 Å². The van der Waals surface area contributed by atoms with Crippen LogP contribution in [0.2, 0.25) is 0 Å². The SMILES string of the molecule is CCCCCCOc1ccc(C(=O)Oc2ccc(C(C)(C)C)cc2C)cc1. The molecule has 0 bridgehead atoms. The first-order chi connectivity index (χ1) is 12.8. The normalized spacial score (nSPS) is 11.3. The van der Waals surface area contributed by atoms with Crippen molar-refractivity contribution in [2.24, 2.45) is 0 Å². The third-order valence-corrected chi connectivity index (χ3v) is 4.60. The van der Waals surface area contributed by atoms with E-state index in [4.69, 9.17) is 9.47 Å². The van der Waals surface area contributed by atoms with Gasteiger partial charge in [0, 0.05) is 0 Å². The predicted octanol–water partition coefficient (Wildman–Crippen LogP) is 6.47. The van der Waals surface area contributed by atoms with Crippen LogP contribution in [0.1, 0.15) is 74.9 Å². The predicted molar refractivity (Wildman–Crippen MR) is 111 cm³/mol. The molecule has 0 fully saturated rings. The summed E-state index contributed by atoms with van der Waals surface area (Å²) >= 11 is 0. The number of rotatable bonds is 8. The topological polar surface area (TPSA) is 35.5 Å². The lowest BCUT2D eigenvalue weighted by molar-refractivity contribution is 0.0733. The number of ether oxygens (including phenoxy) is 2. The number of carbonyl (C=O) groups is 1. The molecule has 27 heavy (non-hydrogen) atoms. The van der Waals surface area contributed by atoms with Crippen LogP contribution in [-0.2, 0) is 5.41 Å². The molecule has 3 heteroatoms. The first-order valence-corrected chi connectivity index (χ1v) is 9.87. The number of hydrogen-bond acceptors (Lipinski definition) is 3. The Kier molecular flexibility index (Phi) is 7.46. The standard InChI is InChI=1S/C24H32O3/c1-6-7-8-9-16-26-21-13-10-19(11-14-21)23(25)27-22-15-12-20(17-18(22)2)24(3,4)5/h10-15,17H,6-9,16H2,1-5H3. The lowest BCUT2D eigenvalue weighted by Gasteiger charge is -2.20. The van der Waals surface area contributed by atoms with Crippen molar-refractivity contribution < 1.29 is 14.3 Å². The van der Waals surface area contributed by atoms with E-state index in [1.807, 2.05) is 31.2 Å². The molecular formula is C24H32O3. The highest BCUT2D eigenvalue weighted by Gasteiger charge is 2.16. The van der Waals surface area contributed by atoms with Crippen LogP contribution in [0.5, 0.6) is 11.5 Å². The fourth-order valence-corrected chi connectivity index (χ4v) is 2.80. The van der Waals surface area contributed by atoms with Gasteiger partial charge < -0.3 is 9.47 Å². The number of carbonyl (C=O) groups excluding carboxylic acids is 1. The van der Waals surface area contributed by atoms with Gasteiger partial charge in [0.25, 0.3) is 0 Å². The maximum Gasteiger partial charge on any atom is 0.343 e. The molecule has 0 aliphatic rings. The number of esters is 1. The fourth-order valence-electron chi connectivity index (χ4n) is 2.80. The van der Waals surface area contributed by atoms with Crippen LogP contribution in [0.25, 0.3) is 0 Å². The highest BCUT2D eigenvalue weighted by Crippen LogP contribution is 2.28. The lowest BCUT2D eigenvalue weighted by atomic mass is 9.86. The molecule has 0 aromatic heterocycles. The Bertz CT molecular complexity index is 739. The molecule has 0 atom stereocenters. The zero-order chi connectivity index (χ0) is 19.9. The summed E-state index contributed by atoms with van der Waals surface area (Å²) < 4.78 is 11.3. The Balaban J connectivity index is 1.94. The summed E-state index contributed by atoms with van der Waals surface area (Å²) in [5.41, 5.74) is 2.77. The summed E-state index contributed by atoms with van der Waals surface area (Å²) in [6, 6.07) is 13.1. The summed E-state index contributed by atoms with van der Waals surface area (Å²) in [5.74, 6) is 1.04. The molecule has 3 nitrogen and oxygen atoms in total. The van der Waals surface area contributed by atoms with Gasteiger partial charge in [-0.05, 0) is 60.2 Å². The molecule has 0 radical (unpaired) electrons. The smallest absolute Gasteiger partial charge is 0.343 e. The van der Waals surface area contributed by atoms with Gasteiger partial charge in [0.1, 0.15) is 11.5 Å². The van der Waals surface area contributed by atoms with E-state index >= 15 is 0 Å². The van der Waals surface area contributed by atoms with E-state index in [1.54, 1.807) is 12.1 Å². The van der Waals surface area contributed by atoms with E-state index in [-0.39, 0.29) is 11.4 Å². The molecule has 0 aliphatic heterocycles. The molecule has 0 spiro atoms. The van der Waals surface area contributed by atoms with E-state index in [0.717, 1.165) is 17.7 Å². The maximum atomic E-state index is 12.4. The summed E-state index contributed by atoms with van der Waals surface area (Å²) in [7, 11) is 0. The lowest BCUT2D eigenvalue weighted by Crippen LogP contribution is -2.13. The van der Waals surface area contributed by atoms with Crippen LogP contribution < -0.4 is 9.47 Å². The Morgan fingerprint density at radius 1 is 0.963 bits per heavy atom. The Morgan fingerprint density at radius 3 is 2.26 bits per heavy atom. The van der Waals surface area contributed by atoms with Gasteiger partial charge in [-0.25, -0.2) is 4.79 Å². The Hall–Kier alpha value is -2.29. The highest BCUT2D eigenvalue weighted by molar-refractivity contribution is 5.91. The van der Waals surface area contributed by atoms with E-state index in [0.29, 0.717) is 17.9 Å². The van der Waals surface area contributed by atoms with Crippen molar-refractivity contribution in [3.05, 3.63) is 59.2 Å². The molecular weight excluding hydrogens is 336 g/mol. The van der Waals surface area contributed by atoms with Gasteiger partial charge in [-0.2, -0.15) is 0 Å². The Morgan fingerprint density at radius 2 is 1.67 bits per heavy atom. The molecule has 0 unspecified atom stereocenters. The average Bonchev–Trinajstić information content (AvgIpc) is 2.63. The van der Waals surface area contributed by atoms with Crippen LogP contribution in [0, 0.1) is 6.92 Å². The molecule has 2 rings (SSSR count). The van der Waals surface area contributed by atoms with Crippen LogP contribution >= 0.6 is 0 Å². The fraction of sp³-hybridized carbons (Fsp3) is 0.458. The summed E-state index contributed by atoms with van der Waals surface area (Å²) in [4.78, 5) is 12.4. The highest BCUT2D eigenvalue weighted by atomic mass is 16.5. The van der Waals surface area contributed by atoms with E-state index in [9.17, 15) is 4.79 Å². The zero-order valence-corrected chi connectivity index (χ0v) is 17.3. The molecule has 0 amide bonds. The summed E-state index contributed by atoms with van der Waals surface area (Å²) in [6.45, 7) is 11.4. The van der Waals surface area contributed by atoms with E-state index in [1.165, 1.54) is 24.8 Å². The van der Waals surface area contributed by atoms with Crippen molar-refractivity contribution >= 4 is 5.97 Å². The van der Waals surface area contributed by atoms with Gasteiger partial charge in [0.05, 0.1) is 12.2 Å². The Labute approximate surface area is 163 Å². The molecule has 146 valence electrons. The second-order valence-corrected chi connectivity index (χ2v) is 8.05. The minimum absolute atomic E-state index is 0.0691. The minimum Gasteiger partial charge on any atom is -0.494 e. The monoisotopic (exact) mass is 368 g/mol. The molecule has 0 saturated carbocycles. The van der Waals surface area contributed by atoms with Crippen molar-refractivity contribution in [2.45, 2.75) is 65.7 Å². The van der Waals surface area contributed by atoms with Gasteiger partial charge in [-0.3, -0.25) is 0 Å². The van der Waals surface area contributed by atoms with Crippen molar-refractivity contribution in [3.63, 3.8) is 0 Å². The third kappa shape index (κ3) is 6.42. The van der Waals surface area contributed by atoms with Gasteiger partial charge >= 0.3 is 5.97 Å². The van der Waals surface area contributed by atoms with Gasteiger partial charge in [-0.1, -0.05) is 59.1 Å². The van der Waals surface area contributed by atoms with E-state index < -0.39 is 0 Å². The van der Waals surface area contributed by atoms with Crippen molar-refractivity contribution in [1.82, 2.24) is 0 Å². The molecule has 0 saturated heterocycles. The quantitative estimate of drug-likeness (QED) is 0.304. The number of hydrogen-bond donors (Lipinski definition) is 0. The van der Waals surface area contributed by atoms with Crippen molar-refractivity contribution in [2.75, 3.05) is 6.61 Å². The zero-order valence-electron chi connectivity index (χ0n) is 17.3. The van der Waals surface area contributed by atoms with Gasteiger partial charge in [0.2, 0.25) is 0 Å². The second kappa shape index (κ2) is 9.59. The largest absolute Gasteiger partial charge is 0.494 e. The molecule has 0 N–H and O–H groups in total. The van der Waals surface area contributed by atoms with E-state index in [2.05, 4.69) is 33.8 Å². The van der Waals surface area contributed by atoms with Crippen molar-refractivity contribution in [3.8, 4) is 11.5 Å². The second-order valence-electron chi connectivity index (χ2n) is 8.05. The summed E-state index contributed by atoms with van der Waals surface area (Å²) in [6.07, 6.45) is 4.70. The van der Waals surface area contributed by atoms with Crippen LogP contribution in [0.3, 0.4) is 0 Å². The van der Waals surface area contributed by atoms with Crippen molar-refractivity contribution in [1.29, 1.82) is 0 Å². The molecule has 0 heterocycles. The number of unbranched alkanes of at least 4 members (excludes halogenated alkanes) is 3. The van der Waals surface area contributed by atoms with Gasteiger partial charge in [0.15, 0.2) is 0 Å².